The fourth-order valence-electron chi connectivity index (χ4n) is 3.14. The minimum atomic E-state index is -0.380. The Morgan fingerprint density at radius 2 is 1.72 bits per heavy atom. The lowest BCUT2D eigenvalue weighted by atomic mass is 10.0. The predicted octanol–water partition coefficient (Wildman–Crippen LogP) is 5.00. The third kappa shape index (κ3) is 5.76. The molecule has 0 saturated carbocycles. The van der Waals surface area contributed by atoms with E-state index in [-0.39, 0.29) is 17.6 Å². The molecule has 3 aromatic rings. The van der Waals surface area contributed by atoms with Crippen LogP contribution < -0.4 is 5.32 Å². The Morgan fingerprint density at radius 1 is 1.03 bits per heavy atom. The van der Waals surface area contributed by atoms with E-state index in [2.05, 4.69) is 53.6 Å². The second-order valence-corrected chi connectivity index (χ2v) is 8.40. The Morgan fingerprint density at radius 3 is 2.31 bits per heavy atom. The third-order valence-corrected chi connectivity index (χ3v) is 5.85. The van der Waals surface area contributed by atoms with E-state index in [4.69, 9.17) is 4.74 Å². The topological polar surface area (TPSA) is 86.1 Å². The van der Waals surface area contributed by atoms with Crippen molar-refractivity contribution in [2.45, 2.75) is 45.3 Å². The Balaban J connectivity index is 1.62. The number of rotatable bonds is 9. The molecule has 32 heavy (non-hydrogen) atoms. The maximum absolute atomic E-state index is 12.4. The van der Waals surface area contributed by atoms with Gasteiger partial charge in [-0.05, 0) is 49.6 Å². The van der Waals surface area contributed by atoms with E-state index in [0.29, 0.717) is 35.5 Å². The average molecular weight is 453 g/mol. The molecule has 0 fully saturated rings. The van der Waals surface area contributed by atoms with Crippen molar-refractivity contribution in [2.75, 3.05) is 17.7 Å². The van der Waals surface area contributed by atoms with E-state index in [1.165, 1.54) is 17.3 Å². The van der Waals surface area contributed by atoms with E-state index < -0.39 is 0 Å². The van der Waals surface area contributed by atoms with Crippen LogP contribution in [-0.2, 0) is 16.1 Å². The van der Waals surface area contributed by atoms with Gasteiger partial charge in [0.15, 0.2) is 11.0 Å². The van der Waals surface area contributed by atoms with Crippen molar-refractivity contribution in [1.82, 2.24) is 14.8 Å². The minimum absolute atomic E-state index is 0.160. The van der Waals surface area contributed by atoms with E-state index in [9.17, 15) is 9.59 Å². The summed E-state index contributed by atoms with van der Waals surface area (Å²) >= 11 is 1.34. The number of esters is 1. The highest BCUT2D eigenvalue weighted by molar-refractivity contribution is 7.99. The number of carbonyl (C=O) groups is 2. The molecule has 1 heterocycles. The summed E-state index contributed by atoms with van der Waals surface area (Å²) in [6.45, 7) is 9.14. The molecular formula is C24H28N4O3S. The maximum atomic E-state index is 12.4. The van der Waals surface area contributed by atoms with Crippen molar-refractivity contribution in [3.05, 3.63) is 59.7 Å². The zero-order valence-corrected chi connectivity index (χ0v) is 19.6. The molecule has 0 saturated heterocycles. The quantitative estimate of drug-likeness (QED) is 0.363. The zero-order valence-electron chi connectivity index (χ0n) is 18.8. The van der Waals surface area contributed by atoms with Crippen molar-refractivity contribution in [2.24, 2.45) is 0 Å². The van der Waals surface area contributed by atoms with Crippen LogP contribution in [0.3, 0.4) is 0 Å². The molecule has 2 aromatic carbocycles. The molecule has 1 aromatic heterocycles. The first-order valence-electron chi connectivity index (χ1n) is 10.7. The number of nitrogens with one attached hydrogen (secondary N) is 1. The molecule has 3 rings (SSSR count). The van der Waals surface area contributed by atoms with Crippen molar-refractivity contribution < 1.29 is 14.3 Å². The van der Waals surface area contributed by atoms with E-state index >= 15 is 0 Å². The van der Waals surface area contributed by atoms with Gasteiger partial charge in [0.1, 0.15) is 0 Å². The molecule has 0 atom stereocenters. The molecule has 7 nitrogen and oxygen atoms in total. The van der Waals surface area contributed by atoms with Gasteiger partial charge in [0.25, 0.3) is 0 Å². The SMILES string of the molecule is CCOC(=O)c1ccc(NC(=O)CSc2nnc(-c3ccc(C(C)C)cc3)n2CC)cc1. The number of aromatic nitrogens is 3. The fraction of sp³-hybridized carbons (Fsp3) is 0.333. The van der Waals surface area contributed by atoms with Gasteiger partial charge in [-0.15, -0.1) is 10.2 Å². The van der Waals surface area contributed by atoms with Gasteiger partial charge >= 0.3 is 5.97 Å². The Hall–Kier alpha value is -3.13. The number of benzene rings is 2. The van der Waals surface area contributed by atoms with Crippen molar-refractivity contribution in [3.63, 3.8) is 0 Å². The molecular weight excluding hydrogens is 424 g/mol. The lowest BCUT2D eigenvalue weighted by Crippen LogP contribution is -2.15. The number of anilines is 1. The summed E-state index contributed by atoms with van der Waals surface area (Å²) in [5.74, 6) is 0.922. The zero-order chi connectivity index (χ0) is 23.1. The van der Waals surface area contributed by atoms with E-state index in [0.717, 1.165) is 11.4 Å². The highest BCUT2D eigenvalue weighted by Crippen LogP contribution is 2.26. The lowest BCUT2D eigenvalue weighted by molar-refractivity contribution is -0.113. The summed E-state index contributed by atoms with van der Waals surface area (Å²) in [5.41, 5.74) is 3.34. The van der Waals surface area contributed by atoms with Crippen molar-refractivity contribution in [1.29, 1.82) is 0 Å². The first kappa shape index (κ1) is 23.5. The van der Waals surface area contributed by atoms with E-state index in [1.54, 1.807) is 31.2 Å². The molecule has 0 aliphatic rings. The maximum Gasteiger partial charge on any atom is 0.338 e. The minimum Gasteiger partial charge on any atom is -0.462 e. The average Bonchev–Trinajstić information content (AvgIpc) is 3.21. The summed E-state index contributed by atoms with van der Waals surface area (Å²) in [6.07, 6.45) is 0. The largest absolute Gasteiger partial charge is 0.462 e. The van der Waals surface area contributed by atoms with E-state index in [1.807, 2.05) is 11.5 Å². The molecule has 0 aliphatic heterocycles. The van der Waals surface area contributed by atoms with Crippen molar-refractivity contribution in [3.8, 4) is 11.4 Å². The number of nitrogens with zero attached hydrogens (tertiary/aromatic N) is 3. The van der Waals surface area contributed by atoms with Crippen LogP contribution in [0.2, 0.25) is 0 Å². The molecule has 0 unspecified atom stereocenters. The lowest BCUT2D eigenvalue weighted by Gasteiger charge is -2.09. The van der Waals surface area contributed by atoms with Gasteiger partial charge < -0.3 is 14.6 Å². The van der Waals surface area contributed by atoms with Gasteiger partial charge in [-0.1, -0.05) is 49.9 Å². The molecule has 0 bridgehead atoms. The number of thioether (sulfide) groups is 1. The number of ether oxygens (including phenoxy) is 1. The first-order valence-corrected chi connectivity index (χ1v) is 11.6. The number of carbonyl (C=O) groups excluding carboxylic acids is 2. The molecule has 8 heteroatoms. The summed E-state index contributed by atoms with van der Waals surface area (Å²) in [5, 5.41) is 12.2. The predicted molar refractivity (Wildman–Crippen MR) is 127 cm³/mol. The highest BCUT2D eigenvalue weighted by atomic mass is 32.2. The molecule has 1 amide bonds. The standard InChI is InChI=1S/C24H28N4O3S/c1-5-28-22(18-9-7-17(8-10-18)16(3)4)26-27-24(28)32-15-21(29)25-20-13-11-19(12-14-20)23(30)31-6-2/h7-14,16H,5-6,15H2,1-4H3,(H,25,29). The fourth-order valence-corrected chi connectivity index (χ4v) is 3.94. The van der Waals surface area contributed by atoms with Crippen LogP contribution >= 0.6 is 11.8 Å². The summed E-state index contributed by atoms with van der Waals surface area (Å²) in [4.78, 5) is 24.1. The monoisotopic (exact) mass is 452 g/mol. The number of hydrogen-bond acceptors (Lipinski definition) is 6. The number of amides is 1. The van der Waals surface area contributed by atoms with Crippen LogP contribution in [0.25, 0.3) is 11.4 Å². The Kier molecular flexibility index (Phi) is 8.05. The Labute approximate surface area is 192 Å². The van der Waals surface area contributed by atoms with Crippen LogP contribution in [0.5, 0.6) is 0 Å². The first-order chi connectivity index (χ1) is 15.4. The van der Waals surface area contributed by atoms with Crippen LogP contribution in [0, 0.1) is 0 Å². The summed E-state index contributed by atoms with van der Waals surface area (Å²) in [6, 6.07) is 15.0. The summed E-state index contributed by atoms with van der Waals surface area (Å²) in [7, 11) is 0. The van der Waals surface area contributed by atoms with Crippen LogP contribution in [0.15, 0.2) is 53.7 Å². The molecule has 0 radical (unpaired) electrons. The van der Waals surface area contributed by atoms with Gasteiger partial charge in [-0.3, -0.25) is 4.79 Å². The van der Waals surface area contributed by atoms with Gasteiger partial charge in [-0.2, -0.15) is 0 Å². The Bertz CT molecular complexity index is 1060. The third-order valence-electron chi connectivity index (χ3n) is 4.88. The molecule has 0 spiro atoms. The van der Waals surface area contributed by atoms with Gasteiger partial charge in [0, 0.05) is 17.8 Å². The van der Waals surface area contributed by atoms with Gasteiger partial charge in [-0.25, -0.2) is 4.79 Å². The van der Waals surface area contributed by atoms with Gasteiger partial charge in [0.2, 0.25) is 5.91 Å². The molecule has 1 N–H and O–H groups in total. The van der Waals surface area contributed by atoms with Crippen LogP contribution in [0.1, 0.15) is 49.5 Å². The normalized spacial score (nSPS) is 10.9. The second kappa shape index (κ2) is 10.9. The van der Waals surface area contributed by atoms with Crippen LogP contribution in [-0.4, -0.2) is 39.0 Å². The molecule has 0 aliphatic carbocycles. The van der Waals surface area contributed by atoms with Crippen LogP contribution in [0.4, 0.5) is 5.69 Å². The number of hydrogen-bond donors (Lipinski definition) is 1. The van der Waals surface area contributed by atoms with Gasteiger partial charge in [0.05, 0.1) is 17.9 Å². The smallest absolute Gasteiger partial charge is 0.338 e. The molecule has 168 valence electrons. The second-order valence-electron chi connectivity index (χ2n) is 7.46. The summed E-state index contributed by atoms with van der Waals surface area (Å²) < 4.78 is 6.97. The highest BCUT2D eigenvalue weighted by Gasteiger charge is 2.15. The van der Waals surface area contributed by atoms with Crippen molar-refractivity contribution >= 4 is 29.3 Å².